The molecule has 0 atom stereocenters. The van der Waals surface area contributed by atoms with Gasteiger partial charge in [-0.15, -0.1) is 11.8 Å². The monoisotopic (exact) mass is 460 g/mol. The first kappa shape index (κ1) is 23.4. The van der Waals surface area contributed by atoms with Gasteiger partial charge in [0, 0.05) is 36.2 Å². The lowest BCUT2D eigenvalue weighted by Crippen LogP contribution is -2.19. The first-order valence-corrected chi connectivity index (χ1v) is 10.6. The second-order valence-corrected chi connectivity index (χ2v) is 7.60. The van der Waals surface area contributed by atoms with Crippen LogP contribution in [0.3, 0.4) is 0 Å². The number of nitrogen functional groups attached to an aromatic ring is 1. The van der Waals surface area contributed by atoms with Gasteiger partial charge in [0.2, 0.25) is 0 Å². The molecule has 0 fully saturated rings. The van der Waals surface area contributed by atoms with Crippen molar-refractivity contribution in [2.24, 2.45) is 0 Å². The lowest BCUT2D eigenvalue weighted by molar-refractivity contribution is 0.0958. The summed E-state index contributed by atoms with van der Waals surface area (Å²) >= 11 is 1.27. The van der Waals surface area contributed by atoms with Crippen molar-refractivity contribution in [2.45, 2.75) is 10.8 Å². The summed E-state index contributed by atoms with van der Waals surface area (Å²) in [7, 11) is 4.55. The van der Waals surface area contributed by atoms with Crippen molar-refractivity contribution in [2.75, 3.05) is 27.0 Å². The number of thioether (sulfide) groups is 1. The first-order chi connectivity index (χ1) is 16.0. The number of nitrogens with one attached hydrogen (secondary N) is 1. The number of nitrogens with two attached hydrogens (primary N) is 1. The highest BCUT2D eigenvalue weighted by molar-refractivity contribution is 7.98. The van der Waals surface area contributed by atoms with E-state index in [9.17, 15) is 15.3 Å². The predicted molar refractivity (Wildman–Crippen MR) is 124 cm³/mol. The zero-order valence-electron chi connectivity index (χ0n) is 18.2. The standard InChI is InChI=1S/C23H20N6O3S/c1-27-22(30)18-8-13(6-7-28-18)12-33-23-17(11-25)20(16(10-24)21(26)29-23)15-5-4-14(31-2)9-19(15)32-3/h4-9H,12H2,1-3H3,(H2,26,29)(H,27,30). The van der Waals surface area contributed by atoms with Crippen molar-refractivity contribution in [3.63, 3.8) is 0 Å². The average molecular weight is 461 g/mol. The van der Waals surface area contributed by atoms with Crippen molar-refractivity contribution in [1.29, 1.82) is 10.5 Å². The van der Waals surface area contributed by atoms with E-state index in [1.165, 1.54) is 33.0 Å². The molecule has 1 amide bonds. The van der Waals surface area contributed by atoms with Crippen LogP contribution in [-0.4, -0.2) is 37.1 Å². The molecule has 10 heteroatoms. The summed E-state index contributed by atoms with van der Waals surface area (Å²) in [5.41, 5.74) is 8.36. The minimum absolute atomic E-state index is 0.00708. The Morgan fingerprint density at radius 1 is 1.15 bits per heavy atom. The number of methoxy groups -OCH3 is 2. The fourth-order valence-electron chi connectivity index (χ4n) is 3.14. The fourth-order valence-corrected chi connectivity index (χ4v) is 4.08. The van der Waals surface area contributed by atoms with E-state index in [1.807, 2.05) is 0 Å². The maximum absolute atomic E-state index is 11.9. The maximum Gasteiger partial charge on any atom is 0.269 e. The minimum atomic E-state index is -0.297. The Morgan fingerprint density at radius 3 is 2.55 bits per heavy atom. The van der Waals surface area contributed by atoms with Crippen LogP contribution in [0.25, 0.3) is 11.1 Å². The molecule has 0 spiro atoms. The Morgan fingerprint density at radius 2 is 1.91 bits per heavy atom. The van der Waals surface area contributed by atoms with Gasteiger partial charge in [0.15, 0.2) is 0 Å². The van der Waals surface area contributed by atoms with Gasteiger partial charge in [0.25, 0.3) is 5.91 Å². The van der Waals surface area contributed by atoms with E-state index in [4.69, 9.17) is 15.2 Å². The summed E-state index contributed by atoms with van der Waals surface area (Å²) in [5.74, 6) is 1.10. The van der Waals surface area contributed by atoms with Gasteiger partial charge in [-0.2, -0.15) is 10.5 Å². The molecule has 2 aromatic heterocycles. The molecule has 0 radical (unpaired) electrons. The molecule has 0 aliphatic heterocycles. The van der Waals surface area contributed by atoms with E-state index in [0.717, 1.165) is 5.56 Å². The summed E-state index contributed by atoms with van der Waals surface area (Å²) in [6.07, 6.45) is 1.54. The van der Waals surface area contributed by atoms with Gasteiger partial charge < -0.3 is 20.5 Å². The number of amides is 1. The van der Waals surface area contributed by atoms with Crippen LogP contribution in [0.2, 0.25) is 0 Å². The van der Waals surface area contributed by atoms with E-state index < -0.39 is 0 Å². The van der Waals surface area contributed by atoms with Crippen LogP contribution in [0.4, 0.5) is 5.82 Å². The van der Waals surface area contributed by atoms with E-state index >= 15 is 0 Å². The number of nitriles is 2. The van der Waals surface area contributed by atoms with E-state index in [2.05, 4.69) is 27.4 Å². The van der Waals surface area contributed by atoms with Gasteiger partial charge in [-0.1, -0.05) is 0 Å². The molecule has 3 rings (SSSR count). The smallest absolute Gasteiger partial charge is 0.269 e. The number of hydrogen-bond donors (Lipinski definition) is 2. The summed E-state index contributed by atoms with van der Waals surface area (Å²) in [5, 5.41) is 22.6. The second-order valence-electron chi connectivity index (χ2n) is 6.63. The quantitative estimate of drug-likeness (QED) is 0.507. The number of nitrogens with zero attached hydrogens (tertiary/aromatic N) is 4. The Hall–Kier alpha value is -4.28. The molecular formula is C23H20N6O3S. The van der Waals surface area contributed by atoms with Gasteiger partial charge in [0.1, 0.15) is 45.7 Å². The molecule has 9 nitrogen and oxygen atoms in total. The third kappa shape index (κ3) is 4.81. The maximum atomic E-state index is 11.9. The molecule has 166 valence electrons. The van der Waals surface area contributed by atoms with Crippen LogP contribution in [0.15, 0.2) is 41.6 Å². The predicted octanol–water partition coefficient (Wildman–Crippen LogP) is 3.14. The van der Waals surface area contributed by atoms with Gasteiger partial charge in [-0.05, 0) is 29.8 Å². The van der Waals surface area contributed by atoms with Crippen molar-refractivity contribution in [3.8, 4) is 34.8 Å². The van der Waals surface area contributed by atoms with Gasteiger partial charge in [-0.3, -0.25) is 9.78 Å². The van der Waals surface area contributed by atoms with Crippen LogP contribution in [0.1, 0.15) is 27.2 Å². The summed E-state index contributed by atoms with van der Waals surface area (Å²) in [4.78, 5) is 20.2. The van der Waals surface area contributed by atoms with E-state index in [-0.39, 0.29) is 28.5 Å². The molecule has 0 aliphatic rings. The van der Waals surface area contributed by atoms with Crippen LogP contribution < -0.4 is 20.5 Å². The minimum Gasteiger partial charge on any atom is -0.497 e. The van der Waals surface area contributed by atoms with E-state index in [1.54, 1.807) is 36.5 Å². The van der Waals surface area contributed by atoms with Gasteiger partial charge >= 0.3 is 0 Å². The number of ether oxygens (including phenoxy) is 2. The largest absolute Gasteiger partial charge is 0.497 e. The molecule has 0 saturated carbocycles. The number of carbonyl (C=O) groups excluding carboxylic acids is 1. The van der Waals surface area contributed by atoms with Crippen molar-refractivity contribution in [1.82, 2.24) is 15.3 Å². The third-order valence-corrected chi connectivity index (χ3v) is 5.80. The lowest BCUT2D eigenvalue weighted by atomic mass is 9.96. The topological polar surface area (TPSA) is 147 Å². The Labute approximate surface area is 195 Å². The Balaban J connectivity index is 2.09. The molecule has 0 aliphatic carbocycles. The zero-order chi connectivity index (χ0) is 24.0. The molecule has 0 bridgehead atoms. The third-order valence-electron chi connectivity index (χ3n) is 4.75. The normalized spacial score (nSPS) is 10.1. The van der Waals surface area contributed by atoms with Crippen molar-refractivity contribution >= 4 is 23.5 Å². The second kappa shape index (κ2) is 10.4. The van der Waals surface area contributed by atoms with Crippen LogP contribution in [0.5, 0.6) is 11.5 Å². The molecule has 0 unspecified atom stereocenters. The molecular weight excluding hydrogens is 440 g/mol. The van der Waals surface area contributed by atoms with Crippen LogP contribution >= 0.6 is 11.8 Å². The van der Waals surface area contributed by atoms with Crippen LogP contribution in [-0.2, 0) is 5.75 Å². The van der Waals surface area contributed by atoms with Gasteiger partial charge in [-0.25, -0.2) is 4.98 Å². The average Bonchev–Trinajstić information content (AvgIpc) is 2.86. The SMILES string of the molecule is CNC(=O)c1cc(CSc2nc(N)c(C#N)c(-c3ccc(OC)cc3OC)c2C#N)ccn1. The Bertz CT molecular complexity index is 1300. The number of anilines is 1. The van der Waals surface area contributed by atoms with Crippen molar-refractivity contribution < 1.29 is 14.3 Å². The molecule has 1 aromatic carbocycles. The molecule has 3 N–H and O–H groups in total. The molecule has 33 heavy (non-hydrogen) atoms. The molecule has 2 heterocycles. The van der Waals surface area contributed by atoms with E-state index in [0.29, 0.717) is 33.4 Å². The summed E-state index contributed by atoms with van der Waals surface area (Å²) in [6, 6.07) is 12.7. The first-order valence-electron chi connectivity index (χ1n) is 9.63. The summed E-state index contributed by atoms with van der Waals surface area (Å²) in [6.45, 7) is 0. The highest BCUT2D eigenvalue weighted by atomic mass is 32.2. The van der Waals surface area contributed by atoms with Gasteiger partial charge in [0.05, 0.1) is 19.8 Å². The highest BCUT2D eigenvalue weighted by Crippen LogP contribution is 2.41. The number of pyridine rings is 2. The van der Waals surface area contributed by atoms with Crippen LogP contribution in [0, 0.1) is 22.7 Å². The lowest BCUT2D eigenvalue weighted by Gasteiger charge is -2.16. The number of hydrogen-bond acceptors (Lipinski definition) is 9. The molecule has 0 saturated heterocycles. The fraction of sp³-hybridized carbons (Fsp3) is 0.174. The number of carbonyl (C=O) groups is 1. The molecule has 3 aromatic rings. The zero-order valence-corrected chi connectivity index (χ0v) is 19.0. The van der Waals surface area contributed by atoms with Crippen molar-refractivity contribution in [3.05, 3.63) is 58.9 Å². The number of benzene rings is 1. The summed E-state index contributed by atoms with van der Waals surface area (Å²) < 4.78 is 10.7. The highest BCUT2D eigenvalue weighted by Gasteiger charge is 2.23. The number of aromatic nitrogens is 2. The number of rotatable bonds is 7. The Kier molecular flexibility index (Phi) is 7.34.